The lowest BCUT2D eigenvalue weighted by Crippen LogP contribution is -2.29. The molecule has 3 nitrogen and oxygen atoms in total. The number of aliphatic carboxylic acids is 1. The van der Waals surface area contributed by atoms with Crippen LogP contribution in [0.3, 0.4) is 0 Å². The smallest absolute Gasteiger partial charge is 0.313 e. The maximum absolute atomic E-state index is 10.9. The Kier molecular flexibility index (Phi) is 4.33. The third-order valence-electron chi connectivity index (χ3n) is 2.10. The molecule has 0 rings (SSSR count). The van der Waals surface area contributed by atoms with E-state index in [0.717, 1.165) is 0 Å². The van der Waals surface area contributed by atoms with E-state index in [1.807, 2.05) is 20.8 Å². The van der Waals surface area contributed by atoms with Crippen molar-refractivity contribution < 1.29 is 14.6 Å². The molecule has 14 heavy (non-hydrogen) atoms. The van der Waals surface area contributed by atoms with Crippen molar-refractivity contribution in [3.8, 4) is 0 Å². The van der Waals surface area contributed by atoms with E-state index in [2.05, 4.69) is 6.58 Å². The number of carbonyl (C=O) groups is 1. The molecule has 0 aliphatic heterocycles. The summed E-state index contributed by atoms with van der Waals surface area (Å²) in [5, 5.41) is 8.94. The van der Waals surface area contributed by atoms with Gasteiger partial charge in [-0.2, -0.15) is 0 Å². The van der Waals surface area contributed by atoms with Gasteiger partial charge in [0.05, 0.1) is 11.0 Å². The van der Waals surface area contributed by atoms with E-state index in [0.29, 0.717) is 13.0 Å². The zero-order valence-corrected chi connectivity index (χ0v) is 9.46. The Bertz CT molecular complexity index is 215. The van der Waals surface area contributed by atoms with E-state index < -0.39 is 11.4 Å². The predicted octanol–water partition coefficient (Wildman–Crippen LogP) is 2.47. The number of carboxylic acid groups (broad SMARTS) is 1. The van der Waals surface area contributed by atoms with Gasteiger partial charge in [-0.3, -0.25) is 4.79 Å². The number of carboxylic acids is 1. The average Bonchev–Trinajstić information content (AvgIpc) is 2.01. The van der Waals surface area contributed by atoms with Gasteiger partial charge in [0.25, 0.3) is 0 Å². The zero-order chi connectivity index (χ0) is 11.4. The monoisotopic (exact) mass is 200 g/mol. The molecule has 0 heterocycles. The third-order valence-corrected chi connectivity index (χ3v) is 2.10. The zero-order valence-electron chi connectivity index (χ0n) is 9.46. The third kappa shape index (κ3) is 4.42. The molecule has 0 aliphatic carbocycles. The molecule has 0 saturated heterocycles. The first-order valence-corrected chi connectivity index (χ1v) is 4.72. The average molecular weight is 200 g/mol. The van der Waals surface area contributed by atoms with Gasteiger partial charge in [0.1, 0.15) is 0 Å². The Labute approximate surface area is 85.8 Å². The summed E-state index contributed by atoms with van der Waals surface area (Å²) in [6, 6.07) is 0. The maximum atomic E-state index is 10.9. The normalized spacial score (nSPS) is 16.0. The SMILES string of the molecule is C=CC(C)(CCOC(C)(C)C)C(=O)O. The highest BCUT2D eigenvalue weighted by Crippen LogP contribution is 2.23. The molecule has 0 spiro atoms. The van der Waals surface area contributed by atoms with Crippen LogP contribution < -0.4 is 0 Å². The second-order valence-electron chi connectivity index (χ2n) is 4.64. The molecular weight excluding hydrogens is 180 g/mol. The van der Waals surface area contributed by atoms with E-state index in [4.69, 9.17) is 9.84 Å². The molecule has 0 fully saturated rings. The summed E-state index contributed by atoms with van der Waals surface area (Å²) in [6.45, 7) is 11.4. The van der Waals surface area contributed by atoms with Crippen LogP contribution in [0.25, 0.3) is 0 Å². The minimum absolute atomic E-state index is 0.222. The summed E-state index contributed by atoms with van der Waals surface area (Å²) >= 11 is 0. The maximum Gasteiger partial charge on any atom is 0.313 e. The standard InChI is InChI=1S/C11H20O3/c1-6-11(5,9(12)13)7-8-14-10(2,3)4/h6H,1,7-8H2,2-5H3,(H,12,13). The second kappa shape index (κ2) is 4.60. The van der Waals surface area contributed by atoms with Crippen LogP contribution in [0.5, 0.6) is 0 Å². The van der Waals surface area contributed by atoms with Crippen molar-refractivity contribution in [2.24, 2.45) is 5.41 Å². The molecule has 1 N–H and O–H groups in total. The first-order valence-electron chi connectivity index (χ1n) is 4.72. The van der Waals surface area contributed by atoms with Gasteiger partial charge in [-0.15, -0.1) is 6.58 Å². The van der Waals surface area contributed by atoms with E-state index in [-0.39, 0.29) is 5.60 Å². The van der Waals surface area contributed by atoms with Gasteiger partial charge < -0.3 is 9.84 Å². The fraction of sp³-hybridized carbons (Fsp3) is 0.727. The molecule has 1 atom stereocenters. The lowest BCUT2D eigenvalue weighted by atomic mass is 9.87. The molecule has 0 saturated carbocycles. The molecule has 0 aromatic heterocycles. The van der Waals surface area contributed by atoms with Gasteiger partial charge in [0.2, 0.25) is 0 Å². The minimum atomic E-state index is -0.884. The number of hydrogen-bond donors (Lipinski definition) is 1. The molecule has 0 aliphatic rings. The van der Waals surface area contributed by atoms with Crippen LogP contribution in [0.2, 0.25) is 0 Å². The summed E-state index contributed by atoms with van der Waals surface area (Å²) in [5.41, 5.74) is -1.11. The Hall–Kier alpha value is -0.830. The predicted molar refractivity (Wildman–Crippen MR) is 56.3 cm³/mol. The topological polar surface area (TPSA) is 46.5 Å². The summed E-state index contributed by atoms with van der Waals surface area (Å²) in [6.07, 6.45) is 1.91. The van der Waals surface area contributed by atoms with E-state index in [1.54, 1.807) is 6.92 Å². The highest BCUT2D eigenvalue weighted by atomic mass is 16.5. The first kappa shape index (κ1) is 13.2. The molecule has 0 aromatic carbocycles. The summed E-state index contributed by atoms with van der Waals surface area (Å²) in [4.78, 5) is 10.9. The van der Waals surface area contributed by atoms with Crippen molar-refractivity contribution >= 4 is 5.97 Å². The van der Waals surface area contributed by atoms with E-state index in [9.17, 15) is 4.79 Å². The first-order chi connectivity index (χ1) is 6.21. The summed E-state index contributed by atoms with van der Waals surface area (Å²) in [5.74, 6) is -0.856. The fourth-order valence-corrected chi connectivity index (χ4v) is 0.866. The summed E-state index contributed by atoms with van der Waals surface area (Å²) < 4.78 is 5.47. The van der Waals surface area contributed by atoms with Crippen LogP contribution >= 0.6 is 0 Å². The van der Waals surface area contributed by atoms with Gasteiger partial charge in [0, 0.05) is 6.61 Å². The van der Waals surface area contributed by atoms with Crippen molar-refractivity contribution in [3.63, 3.8) is 0 Å². The lowest BCUT2D eigenvalue weighted by molar-refractivity contribution is -0.146. The van der Waals surface area contributed by atoms with E-state index >= 15 is 0 Å². The Morgan fingerprint density at radius 3 is 2.21 bits per heavy atom. The molecule has 0 amide bonds. The van der Waals surface area contributed by atoms with Crippen LogP contribution in [-0.4, -0.2) is 23.3 Å². The van der Waals surface area contributed by atoms with Crippen LogP contribution in [0, 0.1) is 5.41 Å². The molecule has 0 aromatic rings. The Balaban J connectivity index is 4.10. The number of ether oxygens (including phenoxy) is 1. The molecule has 1 unspecified atom stereocenters. The van der Waals surface area contributed by atoms with Gasteiger partial charge in [-0.05, 0) is 34.1 Å². The lowest BCUT2D eigenvalue weighted by Gasteiger charge is -2.24. The molecule has 82 valence electrons. The number of rotatable bonds is 5. The Morgan fingerprint density at radius 2 is 1.93 bits per heavy atom. The van der Waals surface area contributed by atoms with Crippen LogP contribution in [-0.2, 0) is 9.53 Å². The molecular formula is C11H20O3. The van der Waals surface area contributed by atoms with Crippen LogP contribution in [0.4, 0.5) is 0 Å². The van der Waals surface area contributed by atoms with Crippen LogP contribution in [0.15, 0.2) is 12.7 Å². The van der Waals surface area contributed by atoms with Crippen molar-refractivity contribution in [1.29, 1.82) is 0 Å². The highest BCUT2D eigenvalue weighted by molar-refractivity contribution is 5.76. The quantitative estimate of drug-likeness (QED) is 0.693. The van der Waals surface area contributed by atoms with Crippen molar-refractivity contribution in [2.45, 2.75) is 39.7 Å². The second-order valence-corrected chi connectivity index (χ2v) is 4.64. The highest BCUT2D eigenvalue weighted by Gasteiger charge is 2.29. The number of hydrogen-bond acceptors (Lipinski definition) is 2. The van der Waals surface area contributed by atoms with Gasteiger partial charge in [-0.25, -0.2) is 0 Å². The minimum Gasteiger partial charge on any atom is -0.481 e. The fourth-order valence-electron chi connectivity index (χ4n) is 0.866. The molecule has 3 heteroatoms. The van der Waals surface area contributed by atoms with Gasteiger partial charge in [-0.1, -0.05) is 6.08 Å². The van der Waals surface area contributed by atoms with E-state index in [1.165, 1.54) is 6.08 Å². The van der Waals surface area contributed by atoms with Crippen LogP contribution in [0.1, 0.15) is 34.1 Å². The van der Waals surface area contributed by atoms with Crippen molar-refractivity contribution in [1.82, 2.24) is 0 Å². The van der Waals surface area contributed by atoms with Gasteiger partial charge in [0.15, 0.2) is 0 Å². The Morgan fingerprint density at radius 1 is 1.43 bits per heavy atom. The van der Waals surface area contributed by atoms with Gasteiger partial charge >= 0.3 is 5.97 Å². The van der Waals surface area contributed by atoms with Crippen molar-refractivity contribution in [3.05, 3.63) is 12.7 Å². The summed E-state index contributed by atoms with van der Waals surface area (Å²) in [7, 11) is 0. The molecule has 0 radical (unpaired) electrons. The molecule has 0 bridgehead atoms. The largest absolute Gasteiger partial charge is 0.481 e. The van der Waals surface area contributed by atoms with Crippen molar-refractivity contribution in [2.75, 3.05) is 6.61 Å².